The zero-order valence-corrected chi connectivity index (χ0v) is 16.3. The smallest absolute Gasteiger partial charge is 0.348 e. The van der Waals surface area contributed by atoms with Gasteiger partial charge in [0.1, 0.15) is 16.4 Å². The molecule has 0 spiro atoms. The van der Waals surface area contributed by atoms with Crippen LogP contribution in [0.2, 0.25) is 5.02 Å². The van der Waals surface area contributed by atoms with Crippen LogP contribution in [0.3, 0.4) is 0 Å². The SMILES string of the molecule is CCOc1ccc(Cl)cc1S(=O)(=O)N1C[C@@H](C(=O)OC)Oc2ccccc21. The number of benzene rings is 2. The van der Waals surface area contributed by atoms with Crippen molar-refractivity contribution in [1.82, 2.24) is 0 Å². The molecule has 0 aromatic heterocycles. The number of nitrogens with zero attached hydrogens (tertiary/aromatic N) is 1. The lowest BCUT2D eigenvalue weighted by Gasteiger charge is -2.34. The third kappa shape index (κ3) is 3.68. The summed E-state index contributed by atoms with van der Waals surface area (Å²) in [5, 5.41) is 0.253. The first-order valence-corrected chi connectivity index (χ1v) is 9.99. The molecule has 0 saturated carbocycles. The second kappa shape index (κ2) is 7.66. The maximum atomic E-state index is 13.4. The van der Waals surface area contributed by atoms with Crippen LogP contribution in [-0.4, -0.2) is 40.8 Å². The molecule has 0 N–H and O–H groups in total. The Balaban J connectivity index is 2.13. The van der Waals surface area contributed by atoms with Gasteiger partial charge in [0.05, 0.1) is 25.9 Å². The average Bonchev–Trinajstić information content (AvgIpc) is 2.67. The van der Waals surface area contributed by atoms with Gasteiger partial charge in [-0.3, -0.25) is 4.31 Å². The lowest BCUT2D eigenvalue weighted by atomic mass is 10.2. The number of rotatable bonds is 5. The van der Waals surface area contributed by atoms with Crippen LogP contribution >= 0.6 is 11.6 Å². The number of anilines is 1. The molecule has 1 aliphatic rings. The van der Waals surface area contributed by atoms with Crippen LogP contribution in [0.15, 0.2) is 47.4 Å². The van der Waals surface area contributed by atoms with Gasteiger partial charge in [0.15, 0.2) is 0 Å². The van der Waals surface area contributed by atoms with E-state index in [1.807, 2.05) is 0 Å². The Labute approximate surface area is 162 Å². The quantitative estimate of drug-likeness (QED) is 0.703. The zero-order chi connectivity index (χ0) is 19.6. The van der Waals surface area contributed by atoms with Gasteiger partial charge in [0.25, 0.3) is 10.0 Å². The van der Waals surface area contributed by atoms with Crippen LogP contribution < -0.4 is 13.8 Å². The molecule has 3 rings (SSSR count). The summed E-state index contributed by atoms with van der Waals surface area (Å²) in [6.07, 6.45) is -1.09. The predicted molar refractivity (Wildman–Crippen MR) is 100 cm³/mol. The summed E-state index contributed by atoms with van der Waals surface area (Å²) in [5.41, 5.74) is 0.320. The number of esters is 1. The van der Waals surface area contributed by atoms with Crippen molar-refractivity contribution >= 4 is 33.3 Å². The molecule has 0 saturated heterocycles. The Morgan fingerprint density at radius 2 is 2.04 bits per heavy atom. The Morgan fingerprint density at radius 3 is 2.74 bits per heavy atom. The fraction of sp³-hybridized carbons (Fsp3) is 0.278. The highest BCUT2D eigenvalue weighted by molar-refractivity contribution is 7.93. The summed E-state index contributed by atoms with van der Waals surface area (Å²) in [5.74, 6) is -0.218. The summed E-state index contributed by atoms with van der Waals surface area (Å²) in [6.45, 7) is 1.81. The highest BCUT2D eigenvalue weighted by Crippen LogP contribution is 2.39. The van der Waals surface area contributed by atoms with Gasteiger partial charge in [-0.15, -0.1) is 0 Å². The fourth-order valence-electron chi connectivity index (χ4n) is 2.76. The van der Waals surface area contributed by atoms with Gasteiger partial charge in [-0.1, -0.05) is 23.7 Å². The van der Waals surface area contributed by atoms with Crippen molar-refractivity contribution in [3.63, 3.8) is 0 Å². The lowest BCUT2D eigenvalue weighted by Crippen LogP contribution is -2.47. The van der Waals surface area contributed by atoms with E-state index in [0.717, 1.165) is 4.31 Å². The van der Waals surface area contributed by atoms with Gasteiger partial charge in [0, 0.05) is 5.02 Å². The molecule has 2 aromatic carbocycles. The molecule has 27 heavy (non-hydrogen) atoms. The Morgan fingerprint density at radius 1 is 1.30 bits per heavy atom. The molecule has 144 valence electrons. The number of methoxy groups -OCH3 is 1. The van der Waals surface area contributed by atoms with Gasteiger partial charge < -0.3 is 14.2 Å². The molecular weight excluding hydrogens is 394 g/mol. The standard InChI is InChI=1S/C18H18ClNO6S/c1-3-25-15-9-8-12(19)10-17(15)27(22,23)20-11-16(18(21)24-2)26-14-7-5-4-6-13(14)20/h4-10,16H,3,11H2,1-2H3/t16-/m0/s1. The second-order valence-electron chi connectivity index (χ2n) is 5.66. The second-order valence-corrected chi connectivity index (χ2v) is 7.92. The van der Waals surface area contributed by atoms with Gasteiger partial charge in [-0.25, -0.2) is 13.2 Å². The normalized spacial score (nSPS) is 16.3. The van der Waals surface area contributed by atoms with E-state index in [0.29, 0.717) is 5.69 Å². The van der Waals surface area contributed by atoms with E-state index in [1.165, 1.54) is 19.2 Å². The molecule has 7 nitrogen and oxygen atoms in total. The molecule has 0 bridgehead atoms. The maximum Gasteiger partial charge on any atom is 0.348 e. The Kier molecular flexibility index (Phi) is 5.48. The lowest BCUT2D eigenvalue weighted by molar-refractivity contribution is -0.148. The third-order valence-corrected chi connectivity index (χ3v) is 6.01. The number of halogens is 1. The van der Waals surface area contributed by atoms with Crippen LogP contribution in [0.25, 0.3) is 0 Å². The topological polar surface area (TPSA) is 82.1 Å². The molecule has 9 heteroatoms. The van der Waals surface area contributed by atoms with Gasteiger partial charge in [0.2, 0.25) is 6.10 Å². The molecule has 2 aromatic rings. The van der Waals surface area contributed by atoms with E-state index >= 15 is 0 Å². The van der Waals surface area contributed by atoms with Crippen molar-refractivity contribution in [2.75, 3.05) is 24.6 Å². The monoisotopic (exact) mass is 411 g/mol. The molecule has 1 aliphatic heterocycles. The largest absolute Gasteiger partial charge is 0.492 e. The van der Waals surface area contributed by atoms with E-state index < -0.39 is 22.1 Å². The molecule has 0 aliphatic carbocycles. The number of ether oxygens (including phenoxy) is 3. The average molecular weight is 412 g/mol. The Hall–Kier alpha value is -2.45. The molecule has 0 radical (unpaired) electrons. The number of carbonyl (C=O) groups is 1. The molecule has 0 unspecified atom stereocenters. The van der Waals surface area contributed by atoms with Crippen LogP contribution in [0.4, 0.5) is 5.69 Å². The van der Waals surface area contributed by atoms with Crippen molar-refractivity contribution in [3.05, 3.63) is 47.5 Å². The van der Waals surface area contributed by atoms with E-state index in [4.69, 9.17) is 25.8 Å². The third-order valence-electron chi connectivity index (χ3n) is 3.97. The molecule has 0 fully saturated rings. The summed E-state index contributed by atoms with van der Waals surface area (Å²) in [7, 11) is -2.87. The first kappa shape index (κ1) is 19.3. The van der Waals surface area contributed by atoms with Crippen LogP contribution in [0.1, 0.15) is 6.92 Å². The van der Waals surface area contributed by atoms with Crippen molar-refractivity contribution in [3.8, 4) is 11.5 Å². The summed E-state index contributed by atoms with van der Waals surface area (Å²) < 4.78 is 43.8. The highest BCUT2D eigenvalue weighted by Gasteiger charge is 2.39. The molecule has 0 amide bonds. The maximum absolute atomic E-state index is 13.4. The number of fused-ring (bicyclic) bond motifs is 1. The van der Waals surface area contributed by atoms with Crippen LogP contribution in [-0.2, 0) is 19.6 Å². The van der Waals surface area contributed by atoms with Crippen molar-refractivity contribution in [2.45, 2.75) is 17.9 Å². The first-order chi connectivity index (χ1) is 12.9. The van der Waals surface area contributed by atoms with Crippen molar-refractivity contribution in [2.24, 2.45) is 0 Å². The number of para-hydroxylation sites is 2. The van der Waals surface area contributed by atoms with E-state index in [-0.39, 0.29) is 34.6 Å². The summed E-state index contributed by atoms with van der Waals surface area (Å²) in [6, 6.07) is 10.9. The minimum atomic E-state index is -4.09. The van der Waals surface area contributed by atoms with Crippen molar-refractivity contribution in [1.29, 1.82) is 0 Å². The van der Waals surface area contributed by atoms with Gasteiger partial charge in [-0.2, -0.15) is 0 Å². The zero-order valence-electron chi connectivity index (χ0n) is 14.7. The minimum absolute atomic E-state index is 0.0860. The van der Waals surface area contributed by atoms with Gasteiger partial charge in [-0.05, 0) is 37.3 Å². The Bertz CT molecular complexity index is 962. The fourth-order valence-corrected chi connectivity index (χ4v) is 4.63. The number of hydrogen-bond donors (Lipinski definition) is 0. The molecular formula is C18H18ClNO6S. The number of sulfonamides is 1. The van der Waals surface area contributed by atoms with E-state index in [2.05, 4.69) is 0 Å². The number of hydrogen-bond acceptors (Lipinski definition) is 6. The van der Waals surface area contributed by atoms with Crippen LogP contribution in [0, 0.1) is 0 Å². The summed E-state index contributed by atoms with van der Waals surface area (Å²) in [4.78, 5) is 11.9. The predicted octanol–water partition coefficient (Wildman–Crippen LogP) is 2.87. The van der Waals surface area contributed by atoms with Gasteiger partial charge >= 0.3 is 5.97 Å². The number of carbonyl (C=O) groups excluding carboxylic acids is 1. The summed E-state index contributed by atoms with van der Waals surface area (Å²) >= 11 is 6.03. The highest BCUT2D eigenvalue weighted by atomic mass is 35.5. The molecule has 1 heterocycles. The van der Waals surface area contributed by atoms with Crippen molar-refractivity contribution < 1.29 is 27.4 Å². The minimum Gasteiger partial charge on any atom is -0.492 e. The van der Waals surface area contributed by atoms with E-state index in [9.17, 15) is 13.2 Å². The van der Waals surface area contributed by atoms with E-state index in [1.54, 1.807) is 37.3 Å². The molecule has 1 atom stereocenters. The van der Waals surface area contributed by atoms with Crippen LogP contribution in [0.5, 0.6) is 11.5 Å². The first-order valence-electron chi connectivity index (χ1n) is 8.17.